The Balaban J connectivity index is 0. The van der Waals surface area contributed by atoms with Crippen LogP contribution in [-0.2, 0) is 9.59 Å². The van der Waals surface area contributed by atoms with E-state index >= 15 is 0 Å². The summed E-state index contributed by atoms with van der Waals surface area (Å²) in [7, 11) is 0. The molecular weight excluding hydrogens is 210 g/mol. The number of nitrogens with two attached hydrogens (primary N) is 1. The number of hydrogen-bond acceptors (Lipinski definition) is 3. The monoisotopic (exact) mass is 227 g/mol. The van der Waals surface area contributed by atoms with Crippen LogP contribution in [0.25, 0.3) is 0 Å². The van der Waals surface area contributed by atoms with E-state index in [2.05, 4.69) is 0 Å². The lowest BCUT2D eigenvalue weighted by Gasteiger charge is -1.93. The highest BCUT2D eigenvalue weighted by Gasteiger charge is 1.84. The second kappa shape index (κ2) is 9.51. The van der Waals surface area contributed by atoms with Crippen LogP contribution in [0.5, 0.6) is 0 Å². The van der Waals surface area contributed by atoms with Gasteiger partial charge in [-0.25, -0.2) is 0 Å². The highest BCUT2D eigenvalue weighted by molar-refractivity contribution is 5.63. The van der Waals surface area contributed by atoms with E-state index < -0.39 is 11.9 Å². The van der Waals surface area contributed by atoms with Gasteiger partial charge in [0.2, 0.25) is 0 Å². The van der Waals surface area contributed by atoms with Crippen LogP contribution >= 0.6 is 0 Å². The van der Waals surface area contributed by atoms with E-state index in [1.807, 2.05) is 31.2 Å². The Labute approximate surface area is 94.5 Å². The Bertz CT molecular complexity index is 296. The Morgan fingerprint density at radius 1 is 1.06 bits per heavy atom. The van der Waals surface area contributed by atoms with Crippen molar-refractivity contribution in [2.45, 2.75) is 20.8 Å². The van der Waals surface area contributed by atoms with E-state index in [4.69, 9.17) is 25.5 Å². The van der Waals surface area contributed by atoms with E-state index in [1.54, 1.807) is 0 Å². The SMILES string of the molecule is CC(=O)O.CC(=O)O.Cc1ccccc1N. The van der Waals surface area contributed by atoms with Crippen LogP contribution in [0.1, 0.15) is 19.4 Å². The second-order valence-corrected chi connectivity index (χ2v) is 2.89. The third-order valence-corrected chi connectivity index (χ3v) is 1.19. The smallest absolute Gasteiger partial charge is 0.300 e. The number of carboxylic acids is 2. The lowest BCUT2D eigenvalue weighted by molar-refractivity contribution is -0.135. The summed E-state index contributed by atoms with van der Waals surface area (Å²) in [6.45, 7) is 4.16. The molecule has 90 valence electrons. The van der Waals surface area contributed by atoms with Gasteiger partial charge >= 0.3 is 0 Å². The van der Waals surface area contributed by atoms with Crippen LogP contribution in [-0.4, -0.2) is 22.2 Å². The zero-order valence-corrected chi connectivity index (χ0v) is 9.60. The molecule has 5 nitrogen and oxygen atoms in total. The van der Waals surface area contributed by atoms with Gasteiger partial charge in [0.1, 0.15) is 0 Å². The largest absolute Gasteiger partial charge is 0.481 e. The van der Waals surface area contributed by atoms with Gasteiger partial charge in [-0.3, -0.25) is 9.59 Å². The van der Waals surface area contributed by atoms with Crippen molar-refractivity contribution in [3.63, 3.8) is 0 Å². The molecule has 5 heteroatoms. The van der Waals surface area contributed by atoms with Crippen molar-refractivity contribution in [2.24, 2.45) is 0 Å². The van der Waals surface area contributed by atoms with Crippen molar-refractivity contribution in [1.82, 2.24) is 0 Å². The first-order valence-electron chi connectivity index (χ1n) is 4.47. The number of benzene rings is 1. The summed E-state index contributed by atoms with van der Waals surface area (Å²) < 4.78 is 0. The maximum Gasteiger partial charge on any atom is 0.300 e. The average Bonchev–Trinajstić information content (AvgIpc) is 2.08. The van der Waals surface area contributed by atoms with Gasteiger partial charge in [0, 0.05) is 19.5 Å². The number of aryl methyl sites for hydroxylation is 1. The van der Waals surface area contributed by atoms with E-state index in [-0.39, 0.29) is 0 Å². The molecule has 0 spiro atoms. The fourth-order valence-corrected chi connectivity index (χ4v) is 0.587. The zero-order chi connectivity index (χ0) is 13.1. The Kier molecular flexibility index (Phi) is 9.75. The van der Waals surface area contributed by atoms with E-state index in [1.165, 1.54) is 0 Å². The number of aliphatic carboxylic acids is 2. The van der Waals surface area contributed by atoms with E-state index in [0.29, 0.717) is 0 Å². The Morgan fingerprint density at radius 2 is 1.38 bits per heavy atom. The molecule has 0 bridgehead atoms. The molecule has 0 aliphatic rings. The number of carbonyl (C=O) groups is 2. The van der Waals surface area contributed by atoms with Gasteiger partial charge in [-0.2, -0.15) is 0 Å². The molecule has 0 fully saturated rings. The van der Waals surface area contributed by atoms with Crippen molar-refractivity contribution < 1.29 is 19.8 Å². The highest BCUT2D eigenvalue weighted by atomic mass is 16.4. The Hall–Kier alpha value is -2.04. The topological polar surface area (TPSA) is 101 Å². The molecule has 0 radical (unpaired) electrons. The maximum atomic E-state index is 9.00. The van der Waals surface area contributed by atoms with Crippen LogP contribution in [0, 0.1) is 6.92 Å². The molecule has 16 heavy (non-hydrogen) atoms. The maximum absolute atomic E-state index is 9.00. The summed E-state index contributed by atoms with van der Waals surface area (Å²) in [5, 5.41) is 14.8. The number of hydrogen-bond donors (Lipinski definition) is 3. The number of rotatable bonds is 0. The van der Waals surface area contributed by atoms with Crippen molar-refractivity contribution >= 4 is 17.6 Å². The number of nitrogen functional groups attached to an aromatic ring is 1. The van der Waals surface area contributed by atoms with Crippen molar-refractivity contribution in [3.8, 4) is 0 Å². The van der Waals surface area contributed by atoms with E-state index in [9.17, 15) is 0 Å². The quantitative estimate of drug-likeness (QED) is 0.586. The first-order chi connectivity index (χ1) is 7.27. The molecule has 0 saturated carbocycles. The van der Waals surface area contributed by atoms with Gasteiger partial charge in [0.15, 0.2) is 0 Å². The van der Waals surface area contributed by atoms with Gasteiger partial charge in [-0.05, 0) is 18.6 Å². The van der Waals surface area contributed by atoms with Gasteiger partial charge in [-0.1, -0.05) is 18.2 Å². The molecule has 0 aromatic heterocycles. The summed E-state index contributed by atoms with van der Waals surface area (Å²) in [6, 6.07) is 7.80. The standard InChI is InChI=1S/C7H9N.2C2H4O2/c1-6-4-2-3-5-7(6)8;2*1-2(3)4/h2-5H,8H2,1H3;2*1H3,(H,3,4). The predicted molar refractivity (Wildman–Crippen MR) is 62.2 cm³/mol. The first kappa shape index (κ1) is 16.4. The molecule has 0 atom stereocenters. The zero-order valence-electron chi connectivity index (χ0n) is 9.60. The minimum absolute atomic E-state index is 0.833. The molecule has 0 aliphatic heterocycles. The van der Waals surface area contributed by atoms with Crippen LogP contribution in [0.15, 0.2) is 24.3 Å². The molecule has 4 N–H and O–H groups in total. The fraction of sp³-hybridized carbons (Fsp3) is 0.273. The third-order valence-electron chi connectivity index (χ3n) is 1.19. The number of carboxylic acid groups (broad SMARTS) is 2. The molecular formula is C11H17NO4. The van der Waals surface area contributed by atoms with Crippen LogP contribution in [0.3, 0.4) is 0 Å². The molecule has 1 aromatic carbocycles. The summed E-state index contributed by atoms with van der Waals surface area (Å²) in [4.78, 5) is 18.0. The number of para-hydroxylation sites is 1. The van der Waals surface area contributed by atoms with Crippen LogP contribution in [0.2, 0.25) is 0 Å². The lowest BCUT2D eigenvalue weighted by Crippen LogP contribution is -1.85. The summed E-state index contributed by atoms with van der Waals surface area (Å²) >= 11 is 0. The van der Waals surface area contributed by atoms with Gasteiger partial charge in [-0.15, -0.1) is 0 Å². The van der Waals surface area contributed by atoms with Crippen LogP contribution < -0.4 is 5.73 Å². The summed E-state index contributed by atoms with van der Waals surface area (Å²) in [5.74, 6) is -1.67. The lowest BCUT2D eigenvalue weighted by atomic mass is 10.2. The van der Waals surface area contributed by atoms with Crippen molar-refractivity contribution in [1.29, 1.82) is 0 Å². The molecule has 1 rings (SSSR count). The fourth-order valence-electron chi connectivity index (χ4n) is 0.587. The molecule has 1 aromatic rings. The first-order valence-corrected chi connectivity index (χ1v) is 4.47. The molecule has 0 heterocycles. The highest BCUT2D eigenvalue weighted by Crippen LogP contribution is 2.06. The molecule has 0 saturated heterocycles. The van der Waals surface area contributed by atoms with Crippen molar-refractivity contribution in [2.75, 3.05) is 5.73 Å². The predicted octanol–water partition coefficient (Wildman–Crippen LogP) is 1.76. The van der Waals surface area contributed by atoms with Gasteiger partial charge in [0.25, 0.3) is 11.9 Å². The Morgan fingerprint density at radius 3 is 1.56 bits per heavy atom. The minimum Gasteiger partial charge on any atom is -0.481 e. The van der Waals surface area contributed by atoms with Gasteiger partial charge in [0.05, 0.1) is 0 Å². The molecule has 0 amide bonds. The van der Waals surface area contributed by atoms with E-state index in [0.717, 1.165) is 25.1 Å². The normalized spacial score (nSPS) is 7.69. The van der Waals surface area contributed by atoms with Crippen LogP contribution in [0.4, 0.5) is 5.69 Å². The second-order valence-electron chi connectivity index (χ2n) is 2.89. The molecule has 0 unspecified atom stereocenters. The minimum atomic E-state index is -0.833. The molecule has 0 aliphatic carbocycles. The van der Waals surface area contributed by atoms with Gasteiger partial charge < -0.3 is 15.9 Å². The summed E-state index contributed by atoms with van der Waals surface area (Å²) in [6.07, 6.45) is 0. The third kappa shape index (κ3) is 17.9. The average molecular weight is 227 g/mol. The summed E-state index contributed by atoms with van der Waals surface area (Å²) in [5.41, 5.74) is 7.53. The number of anilines is 1. The van der Waals surface area contributed by atoms with Crippen molar-refractivity contribution in [3.05, 3.63) is 29.8 Å².